The normalized spacial score (nSPS) is 25.6. The molecule has 0 saturated carbocycles. The molecule has 0 spiro atoms. The molecule has 62 valence electrons. The summed E-state index contributed by atoms with van der Waals surface area (Å²) in [5.41, 5.74) is 0. The van der Waals surface area contributed by atoms with Crippen LogP contribution in [0.3, 0.4) is 0 Å². The van der Waals surface area contributed by atoms with Crippen molar-refractivity contribution < 1.29 is 0 Å². The number of hydrogen-bond donors (Lipinski definition) is 1. The molecule has 1 fully saturated rings. The molecule has 0 aromatic rings. The SMILES string of the molecule is C=N/N=C/CC1CCCNC1. The first-order valence-electron chi connectivity index (χ1n) is 4.11. The van der Waals surface area contributed by atoms with Gasteiger partial charge in [-0.2, -0.15) is 10.2 Å². The van der Waals surface area contributed by atoms with E-state index in [-0.39, 0.29) is 0 Å². The van der Waals surface area contributed by atoms with Crippen molar-refractivity contribution in [2.75, 3.05) is 13.1 Å². The largest absolute Gasteiger partial charge is 0.316 e. The third-order valence-corrected chi connectivity index (χ3v) is 2.00. The van der Waals surface area contributed by atoms with Gasteiger partial charge < -0.3 is 5.32 Å². The van der Waals surface area contributed by atoms with Gasteiger partial charge in [0, 0.05) is 12.9 Å². The zero-order valence-electron chi connectivity index (χ0n) is 6.79. The summed E-state index contributed by atoms with van der Waals surface area (Å²) in [7, 11) is 0. The maximum Gasteiger partial charge on any atom is 0.0273 e. The summed E-state index contributed by atoms with van der Waals surface area (Å²) >= 11 is 0. The van der Waals surface area contributed by atoms with Gasteiger partial charge in [0.1, 0.15) is 0 Å². The zero-order valence-corrected chi connectivity index (χ0v) is 6.79. The minimum atomic E-state index is 0.759. The number of nitrogens with zero attached hydrogens (tertiary/aromatic N) is 2. The number of rotatable bonds is 3. The van der Waals surface area contributed by atoms with Crippen molar-refractivity contribution in [2.24, 2.45) is 16.1 Å². The van der Waals surface area contributed by atoms with Gasteiger partial charge in [0.2, 0.25) is 0 Å². The summed E-state index contributed by atoms with van der Waals surface area (Å²) in [4.78, 5) is 0. The summed E-state index contributed by atoms with van der Waals surface area (Å²) in [6.45, 7) is 5.58. The Morgan fingerprint density at radius 3 is 3.18 bits per heavy atom. The van der Waals surface area contributed by atoms with Gasteiger partial charge in [0.05, 0.1) is 0 Å². The first-order chi connectivity index (χ1) is 5.43. The van der Waals surface area contributed by atoms with E-state index >= 15 is 0 Å². The Hall–Kier alpha value is -0.700. The monoisotopic (exact) mass is 153 g/mol. The molecule has 0 aromatic heterocycles. The molecule has 0 aromatic carbocycles. The van der Waals surface area contributed by atoms with E-state index in [4.69, 9.17) is 0 Å². The van der Waals surface area contributed by atoms with Crippen molar-refractivity contribution in [1.29, 1.82) is 0 Å². The number of nitrogens with one attached hydrogen (secondary N) is 1. The van der Waals surface area contributed by atoms with Gasteiger partial charge in [0.15, 0.2) is 0 Å². The number of hydrogen-bond acceptors (Lipinski definition) is 3. The van der Waals surface area contributed by atoms with E-state index in [0.717, 1.165) is 18.9 Å². The molecule has 1 saturated heterocycles. The highest BCUT2D eigenvalue weighted by Gasteiger charge is 2.10. The lowest BCUT2D eigenvalue weighted by Crippen LogP contribution is -2.29. The van der Waals surface area contributed by atoms with Crippen molar-refractivity contribution in [3.63, 3.8) is 0 Å². The molecule has 0 radical (unpaired) electrons. The van der Waals surface area contributed by atoms with E-state index in [0.29, 0.717) is 0 Å². The second-order valence-electron chi connectivity index (χ2n) is 2.89. The third kappa shape index (κ3) is 3.28. The smallest absolute Gasteiger partial charge is 0.0273 e. The molecule has 0 bridgehead atoms. The lowest BCUT2D eigenvalue weighted by molar-refractivity contribution is 0.389. The van der Waals surface area contributed by atoms with Crippen molar-refractivity contribution in [1.82, 2.24) is 5.32 Å². The fraction of sp³-hybridized carbons (Fsp3) is 0.750. The highest BCUT2D eigenvalue weighted by molar-refractivity contribution is 5.57. The predicted octanol–water partition coefficient (Wildman–Crippen LogP) is 1.06. The van der Waals surface area contributed by atoms with E-state index in [1.54, 1.807) is 0 Å². The fourth-order valence-electron chi connectivity index (χ4n) is 1.38. The molecule has 3 heteroatoms. The van der Waals surface area contributed by atoms with Crippen molar-refractivity contribution in [3.05, 3.63) is 0 Å². The second kappa shape index (κ2) is 5.02. The molecule has 1 N–H and O–H groups in total. The first kappa shape index (κ1) is 8.40. The molecule has 1 aliphatic heterocycles. The van der Waals surface area contributed by atoms with Gasteiger partial charge >= 0.3 is 0 Å². The summed E-state index contributed by atoms with van der Waals surface area (Å²) in [6.07, 6.45) is 5.49. The van der Waals surface area contributed by atoms with E-state index in [2.05, 4.69) is 22.2 Å². The van der Waals surface area contributed by atoms with E-state index in [1.807, 2.05) is 6.21 Å². The lowest BCUT2D eigenvalue weighted by Gasteiger charge is -2.20. The molecule has 1 aliphatic rings. The number of piperidine rings is 1. The van der Waals surface area contributed by atoms with Crippen LogP contribution in [0.4, 0.5) is 0 Å². The molecule has 0 aliphatic carbocycles. The van der Waals surface area contributed by atoms with Gasteiger partial charge in [-0.1, -0.05) is 0 Å². The zero-order chi connectivity index (χ0) is 7.94. The van der Waals surface area contributed by atoms with Crippen LogP contribution in [0.25, 0.3) is 0 Å². The minimum Gasteiger partial charge on any atom is -0.316 e. The molecule has 0 amide bonds. The summed E-state index contributed by atoms with van der Waals surface area (Å²) in [6, 6.07) is 0. The Kier molecular flexibility index (Phi) is 3.83. The average molecular weight is 153 g/mol. The Labute approximate surface area is 67.6 Å². The van der Waals surface area contributed by atoms with Crippen molar-refractivity contribution >= 4 is 12.9 Å². The van der Waals surface area contributed by atoms with Gasteiger partial charge in [-0.3, -0.25) is 0 Å². The fourth-order valence-corrected chi connectivity index (χ4v) is 1.38. The van der Waals surface area contributed by atoms with Crippen LogP contribution in [0.2, 0.25) is 0 Å². The Morgan fingerprint density at radius 1 is 1.64 bits per heavy atom. The van der Waals surface area contributed by atoms with Gasteiger partial charge in [-0.25, -0.2) is 0 Å². The van der Waals surface area contributed by atoms with Crippen LogP contribution in [0.5, 0.6) is 0 Å². The lowest BCUT2D eigenvalue weighted by atomic mass is 9.97. The molecular formula is C8H15N3. The van der Waals surface area contributed by atoms with Gasteiger partial charge in [0.25, 0.3) is 0 Å². The molecule has 3 nitrogen and oxygen atoms in total. The topological polar surface area (TPSA) is 36.8 Å². The maximum atomic E-state index is 3.73. The molecular weight excluding hydrogens is 138 g/mol. The van der Waals surface area contributed by atoms with Gasteiger partial charge in [-0.05, 0) is 38.3 Å². The Balaban J connectivity index is 2.14. The Bertz CT molecular complexity index is 136. The summed E-state index contributed by atoms with van der Waals surface area (Å²) < 4.78 is 0. The molecule has 11 heavy (non-hydrogen) atoms. The second-order valence-corrected chi connectivity index (χ2v) is 2.89. The molecule has 1 heterocycles. The molecule has 1 rings (SSSR count). The van der Waals surface area contributed by atoms with Crippen LogP contribution in [-0.2, 0) is 0 Å². The van der Waals surface area contributed by atoms with Gasteiger partial charge in [-0.15, -0.1) is 0 Å². The van der Waals surface area contributed by atoms with Crippen LogP contribution >= 0.6 is 0 Å². The third-order valence-electron chi connectivity index (χ3n) is 2.00. The van der Waals surface area contributed by atoms with Crippen molar-refractivity contribution in [2.45, 2.75) is 19.3 Å². The van der Waals surface area contributed by atoms with Crippen LogP contribution in [0.1, 0.15) is 19.3 Å². The maximum absolute atomic E-state index is 3.73. The minimum absolute atomic E-state index is 0.759. The van der Waals surface area contributed by atoms with E-state index < -0.39 is 0 Å². The van der Waals surface area contributed by atoms with Crippen LogP contribution < -0.4 is 5.32 Å². The quantitative estimate of drug-likeness (QED) is 0.477. The standard InChI is InChI=1S/C8H15N3/c1-9-11-6-4-8-3-2-5-10-7-8/h6,8,10H,1-5,7H2/b11-6+. The predicted molar refractivity (Wildman–Crippen MR) is 48.3 cm³/mol. The average Bonchev–Trinajstić information content (AvgIpc) is 2.07. The van der Waals surface area contributed by atoms with Crippen molar-refractivity contribution in [3.8, 4) is 0 Å². The highest BCUT2D eigenvalue weighted by atomic mass is 15.2. The van der Waals surface area contributed by atoms with E-state index in [9.17, 15) is 0 Å². The highest BCUT2D eigenvalue weighted by Crippen LogP contribution is 2.11. The van der Waals surface area contributed by atoms with E-state index in [1.165, 1.54) is 19.4 Å². The van der Waals surface area contributed by atoms with Crippen LogP contribution in [-0.4, -0.2) is 26.0 Å². The first-order valence-corrected chi connectivity index (χ1v) is 4.11. The van der Waals surface area contributed by atoms with Crippen LogP contribution in [0.15, 0.2) is 10.2 Å². The van der Waals surface area contributed by atoms with Crippen LogP contribution in [0, 0.1) is 5.92 Å². The summed E-state index contributed by atoms with van der Waals surface area (Å²) in [5.74, 6) is 0.759. The summed E-state index contributed by atoms with van der Waals surface area (Å²) in [5, 5.41) is 10.5. The molecule has 1 unspecified atom stereocenters. The molecule has 1 atom stereocenters. The Morgan fingerprint density at radius 2 is 2.55 bits per heavy atom.